The van der Waals surface area contributed by atoms with Crippen LogP contribution in [0.5, 0.6) is 23.0 Å². The zero-order valence-corrected chi connectivity index (χ0v) is 55.1. The third-order valence-corrected chi connectivity index (χ3v) is 30.8. The van der Waals surface area contributed by atoms with Gasteiger partial charge in [0.05, 0.1) is 52.1 Å². The molecule has 6 aromatic carbocycles. The Balaban J connectivity index is 0.523. The molecule has 16 saturated carbocycles. The zero-order valence-electron chi connectivity index (χ0n) is 55.1. The van der Waals surface area contributed by atoms with E-state index >= 15 is 0 Å². The Hall–Kier alpha value is -7.36. The molecule has 14 nitrogen and oxygen atoms in total. The van der Waals surface area contributed by atoms with Crippen LogP contribution >= 0.6 is 0 Å². The molecule has 0 heterocycles. The highest BCUT2D eigenvalue weighted by molar-refractivity contribution is 6.04. The average molecular weight is 1320 g/mol. The summed E-state index contributed by atoms with van der Waals surface area (Å²) in [6.07, 6.45) is 20.3. The summed E-state index contributed by atoms with van der Waals surface area (Å²) in [4.78, 5) is 56.7. The molecule has 14 heteroatoms. The van der Waals surface area contributed by atoms with Gasteiger partial charge in [-0.3, -0.25) is 0 Å². The van der Waals surface area contributed by atoms with Gasteiger partial charge in [0.15, 0.2) is 27.2 Å². The fraction of sp³-hybridized carbons (Fsp3) is 0.524. The highest BCUT2D eigenvalue weighted by Gasteiger charge is 2.79. The number of rotatable bonds is 22. The van der Waals surface area contributed by atoms with Gasteiger partial charge >= 0.3 is 23.9 Å². The maximum atomic E-state index is 14.3. The van der Waals surface area contributed by atoms with E-state index in [1.54, 1.807) is 36.4 Å². The second kappa shape index (κ2) is 21.1. The first-order chi connectivity index (χ1) is 48.0. The molecule has 0 amide bonds. The highest BCUT2D eigenvalue weighted by Crippen LogP contribution is 2.84. The molecule has 0 N–H and O–H groups in total. The maximum Gasteiger partial charge on any atom is 0.341 e. The van der Waals surface area contributed by atoms with Gasteiger partial charge in [-0.05, 0) is 308 Å². The van der Waals surface area contributed by atoms with Crippen LogP contribution < -0.4 is 9.47 Å². The van der Waals surface area contributed by atoms with E-state index in [9.17, 15) is 19.2 Å². The fourth-order valence-corrected chi connectivity index (χ4v) is 27.3. The lowest BCUT2D eigenvalue weighted by molar-refractivity contribution is -0.226. The van der Waals surface area contributed by atoms with Crippen molar-refractivity contribution in [2.45, 2.75) is 133 Å². The van der Waals surface area contributed by atoms with Crippen LogP contribution in [0.3, 0.4) is 0 Å². The lowest BCUT2D eigenvalue weighted by Crippen LogP contribution is -2.62. The molecule has 0 saturated heterocycles. The van der Waals surface area contributed by atoms with E-state index in [-0.39, 0.29) is 73.8 Å². The van der Waals surface area contributed by atoms with E-state index in [0.717, 1.165) is 74.8 Å². The minimum atomic E-state index is -0.789. The van der Waals surface area contributed by atoms with Crippen LogP contribution in [0.1, 0.15) is 166 Å². The highest BCUT2D eigenvalue weighted by atomic mass is 16.7. The number of hydrogen-bond donors (Lipinski definition) is 0. The largest absolute Gasteiger partial charge is 0.457 e. The van der Waals surface area contributed by atoms with E-state index in [0.29, 0.717) is 92.5 Å². The molecular weight excluding hydrogens is 1230 g/mol. The van der Waals surface area contributed by atoms with Crippen molar-refractivity contribution >= 4 is 23.9 Å². The average Bonchev–Trinajstić information content (AvgIpc) is 1.47. The summed E-state index contributed by atoms with van der Waals surface area (Å²) < 4.78 is 62.3. The van der Waals surface area contributed by atoms with Crippen molar-refractivity contribution < 1.29 is 66.5 Å². The molecule has 502 valence electrons. The minimum Gasteiger partial charge on any atom is -0.457 e. The Morgan fingerprint density at radius 3 is 1.12 bits per heavy atom. The SMILES string of the molecule is O=C(OCOC1C2CC3CC(C2)C1C3)c1ccc(Oc2ccc(C3(c4ccc(Oc5ccc(C(=O)OCOC6C7CC8CC9CC6C89C7)c(C(=O)OCOC6C7CC8CC9CC6C89C7)c5)cc4)c4ccccc4-c4ccccc43)cc2)cc1C(=O)OCOC1C2CC3CC4CC1C34C2. The monoisotopic (exact) mass is 1310 g/mol. The Bertz CT molecular complexity index is 4300. The van der Waals surface area contributed by atoms with Gasteiger partial charge in [0.2, 0.25) is 0 Å². The lowest BCUT2D eigenvalue weighted by atomic mass is 9.38. The predicted molar refractivity (Wildman–Crippen MR) is 354 cm³/mol. The van der Waals surface area contributed by atoms with Crippen LogP contribution in [0, 0.1) is 111 Å². The van der Waals surface area contributed by atoms with Crippen molar-refractivity contribution in [1.29, 1.82) is 0 Å². The van der Waals surface area contributed by atoms with Crippen molar-refractivity contribution in [3.63, 3.8) is 0 Å². The first-order valence-electron chi connectivity index (χ1n) is 37.2. The fourth-order valence-electron chi connectivity index (χ4n) is 27.3. The molecule has 23 atom stereocenters. The molecule has 6 aromatic rings. The summed E-state index contributed by atoms with van der Waals surface area (Å²) in [5, 5.41) is 0. The van der Waals surface area contributed by atoms with Gasteiger partial charge in [0.1, 0.15) is 23.0 Å². The quantitative estimate of drug-likeness (QED) is 0.0358. The maximum absolute atomic E-state index is 14.3. The summed E-state index contributed by atoms with van der Waals surface area (Å²) in [5.41, 5.74) is 7.28. The number of carbonyl (C=O) groups is 4. The van der Waals surface area contributed by atoms with Gasteiger partial charge in [-0.15, -0.1) is 0 Å². The molecule has 0 aromatic heterocycles. The summed E-state index contributed by atoms with van der Waals surface area (Å²) in [6, 6.07) is 42.8. The van der Waals surface area contributed by atoms with Gasteiger partial charge in [-0.25, -0.2) is 19.2 Å². The van der Waals surface area contributed by atoms with Crippen molar-refractivity contribution in [1.82, 2.24) is 0 Å². The van der Waals surface area contributed by atoms with Crippen LogP contribution in [0.25, 0.3) is 11.1 Å². The molecule has 17 aliphatic carbocycles. The zero-order chi connectivity index (χ0) is 64.7. The Morgan fingerprint density at radius 1 is 0.337 bits per heavy atom. The number of ether oxygens (including phenoxy) is 10. The molecule has 16 fully saturated rings. The summed E-state index contributed by atoms with van der Waals surface area (Å²) in [7, 11) is 0. The number of carbonyl (C=O) groups excluding carboxylic acids is 4. The van der Waals surface area contributed by atoms with Crippen LogP contribution in [-0.4, -0.2) is 75.5 Å². The molecular formula is C84H82O14. The van der Waals surface area contributed by atoms with E-state index in [4.69, 9.17) is 47.4 Å². The normalized spacial score (nSPS) is 39.5. The third-order valence-electron chi connectivity index (χ3n) is 30.8. The van der Waals surface area contributed by atoms with Crippen LogP contribution in [0.2, 0.25) is 0 Å². The molecule has 10 bridgehead atoms. The van der Waals surface area contributed by atoms with E-state index in [1.807, 2.05) is 24.3 Å². The summed E-state index contributed by atoms with van der Waals surface area (Å²) in [5.74, 6) is 9.88. The number of esters is 4. The molecule has 3 spiro atoms. The van der Waals surface area contributed by atoms with Crippen LogP contribution in [-0.2, 0) is 43.3 Å². The molecule has 23 rings (SSSR count). The van der Waals surface area contributed by atoms with Gasteiger partial charge in [-0.1, -0.05) is 72.8 Å². The summed E-state index contributed by atoms with van der Waals surface area (Å²) >= 11 is 0. The van der Waals surface area contributed by atoms with Gasteiger partial charge in [0.25, 0.3) is 0 Å². The molecule has 23 unspecified atom stereocenters. The van der Waals surface area contributed by atoms with Crippen molar-refractivity contribution in [2.24, 2.45) is 111 Å². The van der Waals surface area contributed by atoms with E-state index < -0.39 is 29.3 Å². The Kier molecular flexibility index (Phi) is 12.6. The first kappa shape index (κ1) is 58.4. The Labute approximate surface area is 570 Å². The summed E-state index contributed by atoms with van der Waals surface area (Å²) in [6.45, 7) is -0.723. The molecule has 98 heavy (non-hydrogen) atoms. The lowest BCUT2D eigenvalue weighted by Gasteiger charge is -2.67. The second-order valence-electron chi connectivity index (χ2n) is 33.6. The first-order valence-corrected chi connectivity index (χ1v) is 37.2. The third kappa shape index (κ3) is 7.90. The van der Waals surface area contributed by atoms with E-state index in [1.165, 1.54) is 103 Å². The minimum absolute atomic E-state index is 0.0345. The number of benzene rings is 6. The number of hydrogen-bond acceptors (Lipinski definition) is 14. The topological polar surface area (TPSA) is 161 Å². The van der Waals surface area contributed by atoms with Crippen molar-refractivity contribution in [3.05, 3.63) is 178 Å². The van der Waals surface area contributed by atoms with Crippen molar-refractivity contribution in [3.8, 4) is 34.1 Å². The van der Waals surface area contributed by atoms with Gasteiger partial charge < -0.3 is 47.4 Å². The predicted octanol–water partition coefficient (Wildman–Crippen LogP) is 15.9. The Morgan fingerprint density at radius 2 is 0.714 bits per heavy atom. The van der Waals surface area contributed by atoms with Crippen molar-refractivity contribution in [2.75, 3.05) is 27.2 Å². The number of fused-ring (bicyclic) bond motifs is 6. The van der Waals surface area contributed by atoms with Gasteiger partial charge in [-0.2, -0.15) is 0 Å². The van der Waals surface area contributed by atoms with Gasteiger partial charge in [0, 0.05) is 0 Å². The second-order valence-corrected chi connectivity index (χ2v) is 33.6. The van der Waals surface area contributed by atoms with Crippen LogP contribution in [0.15, 0.2) is 133 Å². The smallest absolute Gasteiger partial charge is 0.341 e. The molecule has 0 aliphatic heterocycles. The standard InChI is InChI=1S/C84H82O14/c85-77(93-39-89-73-45-22-43-21-44(24-45)65(73)23-43)63-19-17-59(34-66(63)79(87)95-41-91-75-47-26-52-29-55-32-71(75)82(52,55)37-47)97-57-13-9-49(10-14-57)84(68-7-3-1-5-61(68)62-6-2-4-8-69(62)84)50-11-15-58(16-12-50)98-60-18-20-64(78(86)94-40-90-74-46-25-51-28-54-31-70(74)81(51,54)36-46)67(35-60)80(88)96-42-92-76-48-27-53-30-56-33-72(76)83(53,56)38-48/h1-20,34-35,43-48,51-56,65,70-76H,21-33,36-42H2. The van der Waals surface area contributed by atoms with E-state index in [2.05, 4.69) is 72.8 Å². The molecule has 0 radical (unpaired) electrons. The van der Waals surface area contributed by atoms with Crippen LogP contribution in [0.4, 0.5) is 0 Å². The molecule has 17 aliphatic rings.